The van der Waals surface area contributed by atoms with Crippen LogP contribution < -0.4 is 10.6 Å². The Balaban J connectivity index is 1.70. The van der Waals surface area contributed by atoms with Gasteiger partial charge < -0.3 is 15.1 Å². The summed E-state index contributed by atoms with van der Waals surface area (Å²) in [5, 5.41) is 12.2. The number of nitrogens with zero attached hydrogens (tertiary/aromatic N) is 1. The van der Waals surface area contributed by atoms with E-state index in [1.807, 2.05) is 25.1 Å². The fourth-order valence-electron chi connectivity index (χ4n) is 1.62. The molecular formula is C12H16N4O2. The number of hydrogen-bond donors (Lipinski definition) is 3. The van der Waals surface area contributed by atoms with Crippen LogP contribution in [0.4, 0.5) is 4.79 Å². The van der Waals surface area contributed by atoms with Gasteiger partial charge in [-0.25, -0.2) is 4.79 Å². The Morgan fingerprint density at radius 1 is 1.56 bits per heavy atom. The number of amides is 2. The van der Waals surface area contributed by atoms with Crippen LogP contribution in [0.1, 0.15) is 18.4 Å². The summed E-state index contributed by atoms with van der Waals surface area (Å²) >= 11 is 0. The van der Waals surface area contributed by atoms with Crippen LogP contribution in [0.5, 0.6) is 0 Å². The van der Waals surface area contributed by atoms with Crippen molar-refractivity contribution in [1.82, 2.24) is 20.8 Å². The van der Waals surface area contributed by atoms with Crippen molar-refractivity contribution in [3.63, 3.8) is 0 Å². The van der Waals surface area contributed by atoms with Crippen LogP contribution in [-0.4, -0.2) is 22.3 Å². The predicted octanol–water partition coefficient (Wildman–Crippen LogP) is 1.43. The summed E-state index contributed by atoms with van der Waals surface area (Å²) in [6.45, 7) is 2.36. The summed E-state index contributed by atoms with van der Waals surface area (Å²) in [5.41, 5.74) is 0.865. The van der Waals surface area contributed by atoms with Crippen molar-refractivity contribution in [1.29, 1.82) is 0 Å². The second-order valence-electron chi connectivity index (χ2n) is 4.09. The lowest BCUT2D eigenvalue weighted by Gasteiger charge is -2.13. The molecule has 0 aliphatic carbocycles. The number of aromatic amines is 1. The fourth-order valence-corrected chi connectivity index (χ4v) is 1.62. The van der Waals surface area contributed by atoms with E-state index in [9.17, 15) is 4.79 Å². The van der Waals surface area contributed by atoms with E-state index in [1.54, 1.807) is 12.5 Å². The Bertz CT molecular complexity index is 464. The van der Waals surface area contributed by atoms with Crippen molar-refractivity contribution in [2.45, 2.75) is 25.9 Å². The van der Waals surface area contributed by atoms with Crippen LogP contribution in [0, 0.1) is 0 Å². The van der Waals surface area contributed by atoms with Crippen molar-refractivity contribution in [2.75, 3.05) is 0 Å². The van der Waals surface area contributed by atoms with Gasteiger partial charge in [0.1, 0.15) is 5.76 Å². The molecule has 2 aromatic rings. The van der Waals surface area contributed by atoms with Gasteiger partial charge in [-0.1, -0.05) is 0 Å². The van der Waals surface area contributed by atoms with Crippen LogP contribution in [0.25, 0.3) is 0 Å². The standard InChI is InChI=1S/C12H16N4O2/c1-9(7-11-3-2-6-18-11)15-12(17)13-8-10-4-5-14-16-10/h2-6,9H,7-8H2,1H3,(H,14,16)(H2,13,15,17)/t9-/m0/s1. The largest absolute Gasteiger partial charge is 0.469 e. The van der Waals surface area contributed by atoms with E-state index >= 15 is 0 Å². The SMILES string of the molecule is C[C@@H](Cc1ccco1)NC(=O)NCc1ccn[nH]1. The smallest absolute Gasteiger partial charge is 0.315 e. The maximum Gasteiger partial charge on any atom is 0.315 e. The van der Waals surface area contributed by atoms with Crippen LogP contribution in [0.3, 0.4) is 0 Å². The third-order valence-electron chi connectivity index (χ3n) is 2.46. The zero-order valence-electron chi connectivity index (χ0n) is 10.1. The zero-order chi connectivity index (χ0) is 12.8. The van der Waals surface area contributed by atoms with E-state index in [-0.39, 0.29) is 12.1 Å². The molecule has 2 heterocycles. The summed E-state index contributed by atoms with van der Waals surface area (Å²) < 4.78 is 5.22. The maximum absolute atomic E-state index is 11.6. The molecule has 0 fully saturated rings. The molecule has 0 aliphatic heterocycles. The Morgan fingerprint density at radius 2 is 2.44 bits per heavy atom. The molecule has 96 valence electrons. The average molecular weight is 248 g/mol. The normalized spacial score (nSPS) is 12.1. The third kappa shape index (κ3) is 3.65. The van der Waals surface area contributed by atoms with Gasteiger partial charge in [0.25, 0.3) is 0 Å². The molecule has 6 nitrogen and oxygen atoms in total. The van der Waals surface area contributed by atoms with E-state index in [1.165, 1.54) is 0 Å². The Hall–Kier alpha value is -2.24. The van der Waals surface area contributed by atoms with Gasteiger partial charge >= 0.3 is 6.03 Å². The number of rotatable bonds is 5. The molecule has 2 rings (SSSR count). The summed E-state index contributed by atoms with van der Waals surface area (Å²) in [6.07, 6.45) is 3.94. The Morgan fingerprint density at radius 3 is 3.11 bits per heavy atom. The Kier molecular flexibility index (Phi) is 4.01. The van der Waals surface area contributed by atoms with Gasteiger partial charge in [-0.15, -0.1) is 0 Å². The second-order valence-corrected chi connectivity index (χ2v) is 4.09. The highest BCUT2D eigenvalue weighted by Crippen LogP contribution is 2.03. The molecule has 0 aromatic carbocycles. The molecule has 0 saturated carbocycles. The fraction of sp³-hybridized carbons (Fsp3) is 0.333. The van der Waals surface area contributed by atoms with Gasteiger partial charge in [-0.05, 0) is 25.1 Å². The number of H-pyrrole nitrogens is 1. The van der Waals surface area contributed by atoms with Crippen LogP contribution in [0.15, 0.2) is 35.1 Å². The molecule has 3 N–H and O–H groups in total. The Labute approximate surface area is 105 Å². The second kappa shape index (κ2) is 5.90. The van der Waals surface area contributed by atoms with Gasteiger partial charge in [0.05, 0.1) is 18.5 Å². The van der Waals surface area contributed by atoms with Crippen molar-refractivity contribution in [2.24, 2.45) is 0 Å². The first kappa shape index (κ1) is 12.2. The van der Waals surface area contributed by atoms with Crippen molar-refractivity contribution in [3.8, 4) is 0 Å². The maximum atomic E-state index is 11.6. The highest BCUT2D eigenvalue weighted by molar-refractivity contribution is 5.74. The molecular weight excluding hydrogens is 232 g/mol. The van der Waals surface area contributed by atoms with E-state index in [0.717, 1.165) is 11.5 Å². The van der Waals surface area contributed by atoms with Crippen LogP contribution >= 0.6 is 0 Å². The van der Waals surface area contributed by atoms with Gasteiger partial charge in [0, 0.05) is 18.7 Å². The minimum Gasteiger partial charge on any atom is -0.469 e. The zero-order valence-corrected chi connectivity index (χ0v) is 10.1. The summed E-state index contributed by atoms with van der Waals surface area (Å²) in [6, 6.07) is 5.34. The molecule has 2 aromatic heterocycles. The molecule has 0 unspecified atom stereocenters. The van der Waals surface area contributed by atoms with E-state index in [4.69, 9.17) is 4.42 Å². The molecule has 0 aliphatic rings. The van der Waals surface area contributed by atoms with Gasteiger partial charge in [-0.3, -0.25) is 5.10 Å². The lowest BCUT2D eigenvalue weighted by Crippen LogP contribution is -2.41. The number of furan rings is 1. The van der Waals surface area contributed by atoms with E-state index in [2.05, 4.69) is 20.8 Å². The number of carbonyl (C=O) groups excluding carboxylic acids is 1. The topological polar surface area (TPSA) is 82.9 Å². The number of hydrogen-bond acceptors (Lipinski definition) is 3. The van der Waals surface area contributed by atoms with E-state index < -0.39 is 0 Å². The van der Waals surface area contributed by atoms with Gasteiger partial charge in [0.2, 0.25) is 0 Å². The number of carbonyl (C=O) groups is 1. The minimum atomic E-state index is -0.205. The lowest BCUT2D eigenvalue weighted by molar-refractivity contribution is 0.237. The predicted molar refractivity (Wildman–Crippen MR) is 65.8 cm³/mol. The molecule has 6 heteroatoms. The average Bonchev–Trinajstić information content (AvgIpc) is 2.98. The number of aromatic nitrogens is 2. The monoisotopic (exact) mass is 248 g/mol. The van der Waals surface area contributed by atoms with Crippen molar-refractivity contribution < 1.29 is 9.21 Å². The summed E-state index contributed by atoms with van der Waals surface area (Å²) in [5.74, 6) is 0.858. The number of urea groups is 1. The van der Waals surface area contributed by atoms with Gasteiger partial charge in [0.15, 0.2) is 0 Å². The molecule has 2 amide bonds. The molecule has 1 atom stereocenters. The highest BCUT2D eigenvalue weighted by Gasteiger charge is 2.09. The molecule has 0 radical (unpaired) electrons. The highest BCUT2D eigenvalue weighted by atomic mass is 16.3. The third-order valence-corrected chi connectivity index (χ3v) is 2.46. The minimum absolute atomic E-state index is 0.0120. The van der Waals surface area contributed by atoms with Crippen molar-refractivity contribution in [3.05, 3.63) is 42.1 Å². The molecule has 0 spiro atoms. The quantitative estimate of drug-likeness (QED) is 0.748. The lowest BCUT2D eigenvalue weighted by atomic mass is 10.2. The first-order chi connectivity index (χ1) is 8.74. The first-order valence-corrected chi connectivity index (χ1v) is 5.79. The molecule has 0 saturated heterocycles. The summed E-state index contributed by atoms with van der Waals surface area (Å²) in [7, 11) is 0. The van der Waals surface area contributed by atoms with Crippen LogP contribution in [-0.2, 0) is 13.0 Å². The first-order valence-electron chi connectivity index (χ1n) is 5.79. The van der Waals surface area contributed by atoms with E-state index in [0.29, 0.717) is 13.0 Å². The molecule has 0 bridgehead atoms. The van der Waals surface area contributed by atoms with Gasteiger partial charge in [-0.2, -0.15) is 5.10 Å². The van der Waals surface area contributed by atoms with Crippen LogP contribution in [0.2, 0.25) is 0 Å². The van der Waals surface area contributed by atoms with Crippen molar-refractivity contribution >= 4 is 6.03 Å². The molecule has 18 heavy (non-hydrogen) atoms. The number of nitrogens with one attached hydrogen (secondary N) is 3. The summed E-state index contributed by atoms with van der Waals surface area (Å²) in [4.78, 5) is 11.6.